The van der Waals surface area contributed by atoms with Gasteiger partial charge >= 0.3 is 0 Å². The molecule has 3 rings (SSSR count). The Kier molecular flexibility index (Phi) is 1.96. The summed E-state index contributed by atoms with van der Waals surface area (Å²) in [7, 11) is 0. The van der Waals surface area contributed by atoms with Crippen LogP contribution in [0.3, 0.4) is 0 Å². The highest BCUT2D eigenvalue weighted by atomic mass is 15.3. The molecule has 0 atom stereocenters. The number of para-hydroxylation sites is 4. The average Bonchev–Trinajstić information content (AvgIpc) is 2.74. The minimum atomic E-state index is 0.771. The van der Waals surface area contributed by atoms with E-state index in [4.69, 9.17) is 5.73 Å². The van der Waals surface area contributed by atoms with E-state index >= 15 is 0 Å². The van der Waals surface area contributed by atoms with E-state index in [-0.39, 0.29) is 0 Å². The number of fused-ring (bicyclic) bond motifs is 1. The summed E-state index contributed by atoms with van der Waals surface area (Å²) in [5.41, 5.74) is 10.2. The quantitative estimate of drug-likeness (QED) is 0.713. The summed E-state index contributed by atoms with van der Waals surface area (Å²) in [5.74, 6) is 0. The number of nitrogens with zero attached hydrogens (tertiary/aromatic N) is 1. The molecule has 0 saturated carbocycles. The first kappa shape index (κ1) is 9.09. The second-order valence-electron chi connectivity index (χ2n) is 3.84. The second-order valence-corrected chi connectivity index (χ2v) is 3.84. The van der Waals surface area contributed by atoms with Crippen LogP contribution in [0.1, 0.15) is 0 Å². The lowest BCUT2D eigenvalue weighted by Gasteiger charge is -2.19. The molecule has 0 unspecified atom stereocenters. The van der Waals surface area contributed by atoms with Crippen LogP contribution in [-0.2, 0) is 0 Å². The maximum atomic E-state index is 5.99. The van der Waals surface area contributed by atoms with Crippen LogP contribution in [0.5, 0.6) is 0 Å². The Morgan fingerprint density at radius 1 is 0.938 bits per heavy atom. The third-order valence-electron chi connectivity index (χ3n) is 2.85. The maximum Gasteiger partial charge on any atom is 0.0927 e. The van der Waals surface area contributed by atoms with Gasteiger partial charge in [-0.25, -0.2) is 0 Å². The number of rotatable bonds is 1. The molecule has 0 saturated heterocycles. The topological polar surface area (TPSA) is 41.3 Å². The Morgan fingerprint density at radius 3 is 2.44 bits per heavy atom. The molecule has 0 amide bonds. The number of anilines is 4. The fraction of sp³-hybridized carbons (Fsp3) is 0.0769. The lowest BCUT2D eigenvalue weighted by molar-refractivity contribution is 1.10. The normalized spacial score (nSPS) is 13.4. The van der Waals surface area contributed by atoms with Crippen molar-refractivity contribution in [3.8, 4) is 0 Å². The van der Waals surface area contributed by atoms with Crippen molar-refractivity contribution in [2.24, 2.45) is 0 Å². The van der Waals surface area contributed by atoms with Crippen molar-refractivity contribution >= 4 is 22.7 Å². The van der Waals surface area contributed by atoms with E-state index in [0.717, 1.165) is 23.7 Å². The van der Waals surface area contributed by atoms with Crippen molar-refractivity contribution in [2.75, 3.05) is 22.6 Å². The Morgan fingerprint density at radius 2 is 1.62 bits per heavy atom. The molecule has 2 aromatic rings. The zero-order valence-electron chi connectivity index (χ0n) is 8.85. The average molecular weight is 211 g/mol. The Balaban J connectivity index is 2.08. The SMILES string of the molecule is Nc1ccccc1N1CNc2ccccc21. The summed E-state index contributed by atoms with van der Waals surface area (Å²) in [4.78, 5) is 2.19. The number of nitrogens with two attached hydrogens (primary N) is 1. The first-order chi connectivity index (χ1) is 7.86. The van der Waals surface area contributed by atoms with Crippen LogP contribution in [0, 0.1) is 0 Å². The first-order valence-electron chi connectivity index (χ1n) is 5.31. The number of nitrogens with one attached hydrogen (secondary N) is 1. The highest BCUT2D eigenvalue weighted by Gasteiger charge is 2.20. The number of hydrogen-bond donors (Lipinski definition) is 2. The summed E-state index contributed by atoms with van der Waals surface area (Å²) in [6, 6.07) is 16.2. The van der Waals surface area contributed by atoms with Crippen LogP contribution in [0.15, 0.2) is 48.5 Å². The van der Waals surface area contributed by atoms with Gasteiger partial charge in [-0.1, -0.05) is 24.3 Å². The number of benzene rings is 2. The molecule has 0 spiro atoms. The summed E-state index contributed by atoms with van der Waals surface area (Å²) in [6.45, 7) is 0.771. The maximum absolute atomic E-state index is 5.99. The Hall–Kier alpha value is -2.16. The van der Waals surface area contributed by atoms with Crippen molar-refractivity contribution in [2.45, 2.75) is 0 Å². The van der Waals surface area contributed by atoms with Gasteiger partial charge in [-0.2, -0.15) is 0 Å². The monoisotopic (exact) mass is 211 g/mol. The largest absolute Gasteiger partial charge is 0.397 e. The molecule has 3 nitrogen and oxygen atoms in total. The molecule has 0 bridgehead atoms. The van der Waals surface area contributed by atoms with Crippen molar-refractivity contribution in [3.05, 3.63) is 48.5 Å². The van der Waals surface area contributed by atoms with Gasteiger partial charge < -0.3 is 16.0 Å². The fourth-order valence-corrected chi connectivity index (χ4v) is 2.06. The van der Waals surface area contributed by atoms with E-state index in [1.54, 1.807) is 0 Å². The van der Waals surface area contributed by atoms with E-state index in [1.807, 2.05) is 36.4 Å². The summed E-state index contributed by atoms with van der Waals surface area (Å²) < 4.78 is 0. The zero-order chi connectivity index (χ0) is 11.0. The van der Waals surface area contributed by atoms with Crippen LogP contribution in [0.25, 0.3) is 0 Å². The van der Waals surface area contributed by atoms with Gasteiger partial charge in [-0.3, -0.25) is 0 Å². The lowest BCUT2D eigenvalue weighted by atomic mass is 10.2. The molecule has 0 aliphatic carbocycles. The summed E-state index contributed by atoms with van der Waals surface area (Å²) in [6.07, 6.45) is 0. The molecular weight excluding hydrogens is 198 g/mol. The molecule has 1 heterocycles. The van der Waals surface area contributed by atoms with Crippen molar-refractivity contribution in [3.63, 3.8) is 0 Å². The molecule has 0 fully saturated rings. The molecule has 80 valence electrons. The predicted octanol–water partition coefficient (Wildman–Crippen LogP) is 2.79. The molecule has 3 N–H and O–H groups in total. The van der Waals surface area contributed by atoms with Crippen LogP contribution in [-0.4, -0.2) is 6.67 Å². The molecule has 3 heteroatoms. The first-order valence-corrected chi connectivity index (χ1v) is 5.31. The van der Waals surface area contributed by atoms with Crippen LogP contribution >= 0.6 is 0 Å². The highest BCUT2D eigenvalue weighted by molar-refractivity contribution is 5.85. The Bertz CT molecular complexity index is 522. The third kappa shape index (κ3) is 1.29. The molecule has 1 aliphatic rings. The van der Waals surface area contributed by atoms with Gasteiger partial charge in [0.2, 0.25) is 0 Å². The van der Waals surface area contributed by atoms with E-state index in [9.17, 15) is 0 Å². The highest BCUT2D eigenvalue weighted by Crippen LogP contribution is 2.38. The third-order valence-corrected chi connectivity index (χ3v) is 2.85. The molecular formula is C13H13N3. The fourth-order valence-electron chi connectivity index (χ4n) is 2.06. The molecule has 16 heavy (non-hydrogen) atoms. The van der Waals surface area contributed by atoms with Gasteiger partial charge in [-0.05, 0) is 24.3 Å². The van der Waals surface area contributed by atoms with Gasteiger partial charge in [0, 0.05) is 0 Å². The molecule has 1 aliphatic heterocycles. The van der Waals surface area contributed by atoms with Gasteiger partial charge in [0.1, 0.15) is 0 Å². The molecule has 2 aromatic carbocycles. The predicted molar refractivity (Wildman–Crippen MR) is 67.9 cm³/mol. The number of hydrogen-bond acceptors (Lipinski definition) is 3. The van der Waals surface area contributed by atoms with E-state index < -0.39 is 0 Å². The van der Waals surface area contributed by atoms with Gasteiger partial charge in [0.05, 0.1) is 29.4 Å². The van der Waals surface area contributed by atoms with E-state index in [1.165, 1.54) is 5.69 Å². The minimum Gasteiger partial charge on any atom is -0.397 e. The van der Waals surface area contributed by atoms with Gasteiger partial charge in [0.25, 0.3) is 0 Å². The minimum absolute atomic E-state index is 0.771. The van der Waals surface area contributed by atoms with E-state index in [2.05, 4.69) is 22.3 Å². The lowest BCUT2D eigenvalue weighted by Crippen LogP contribution is -2.17. The molecule has 0 radical (unpaired) electrons. The summed E-state index contributed by atoms with van der Waals surface area (Å²) in [5, 5.41) is 3.35. The van der Waals surface area contributed by atoms with Gasteiger partial charge in [0.15, 0.2) is 0 Å². The Labute approximate surface area is 94.5 Å². The smallest absolute Gasteiger partial charge is 0.0927 e. The second kappa shape index (κ2) is 3.45. The molecule has 0 aromatic heterocycles. The van der Waals surface area contributed by atoms with Crippen molar-refractivity contribution < 1.29 is 0 Å². The van der Waals surface area contributed by atoms with Gasteiger partial charge in [-0.15, -0.1) is 0 Å². The van der Waals surface area contributed by atoms with Crippen molar-refractivity contribution in [1.82, 2.24) is 0 Å². The standard InChI is InChI=1S/C13H13N3/c14-10-5-1-3-7-12(10)16-9-15-11-6-2-4-8-13(11)16/h1-8,15H,9,14H2. The van der Waals surface area contributed by atoms with E-state index in [0.29, 0.717) is 0 Å². The summed E-state index contributed by atoms with van der Waals surface area (Å²) >= 11 is 0. The zero-order valence-corrected chi connectivity index (χ0v) is 8.85. The van der Waals surface area contributed by atoms with Crippen molar-refractivity contribution in [1.29, 1.82) is 0 Å². The van der Waals surface area contributed by atoms with Crippen LogP contribution in [0.4, 0.5) is 22.7 Å². The van der Waals surface area contributed by atoms with Crippen LogP contribution < -0.4 is 16.0 Å². The van der Waals surface area contributed by atoms with Crippen LogP contribution in [0.2, 0.25) is 0 Å². The number of nitrogen functional groups attached to an aromatic ring is 1.